The number of nitrogens with zero attached hydrogens (tertiary/aromatic N) is 3. The zero-order valence-corrected chi connectivity index (χ0v) is 15.2. The smallest absolute Gasteiger partial charge is 0.410 e. The van der Waals surface area contributed by atoms with E-state index in [0.717, 1.165) is 6.07 Å². The monoisotopic (exact) mass is 403 g/mol. The summed E-state index contributed by atoms with van der Waals surface area (Å²) in [6.07, 6.45) is -0.666. The molecule has 3 rings (SSSR count). The lowest BCUT2D eigenvalue weighted by atomic mass is 10.2. The lowest BCUT2D eigenvalue weighted by Gasteiger charge is -2.11. The van der Waals surface area contributed by atoms with Crippen LogP contribution in [0.5, 0.6) is 5.75 Å². The summed E-state index contributed by atoms with van der Waals surface area (Å²) >= 11 is 0. The molecule has 1 heterocycles. The Morgan fingerprint density at radius 1 is 1.28 bits per heavy atom. The first kappa shape index (κ1) is 19.7. The van der Waals surface area contributed by atoms with Crippen LogP contribution >= 0.6 is 0 Å². The predicted octanol–water partition coefficient (Wildman–Crippen LogP) is 2.11. The predicted molar refractivity (Wildman–Crippen MR) is 98.6 cm³/mol. The van der Waals surface area contributed by atoms with Crippen molar-refractivity contribution in [3.8, 4) is 5.75 Å². The summed E-state index contributed by atoms with van der Waals surface area (Å²) in [7, 11) is 2.96. The zero-order valence-electron chi connectivity index (χ0n) is 15.2. The Balaban J connectivity index is 2.04. The van der Waals surface area contributed by atoms with Crippen LogP contribution in [-0.2, 0) is 6.54 Å². The van der Waals surface area contributed by atoms with E-state index in [1.165, 1.54) is 49.3 Å². The number of aromatic nitrogens is 1. The molecule has 0 atom stereocenters. The lowest BCUT2D eigenvalue weighted by Crippen LogP contribution is -2.33. The lowest BCUT2D eigenvalue weighted by molar-refractivity contribution is -0.387. The molecule has 0 fully saturated rings. The van der Waals surface area contributed by atoms with Crippen molar-refractivity contribution in [2.24, 2.45) is 0 Å². The van der Waals surface area contributed by atoms with Crippen LogP contribution < -0.4 is 16.1 Å². The average molecular weight is 403 g/mol. The SMILES string of the molecule is CN(C)C(=O)Oc1ccc2c(=O)n(Cc3cccc([N+](=O)[O-])c3F)c(=O)oc2c1. The molecule has 0 spiro atoms. The van der Waals surface area contributed by atoms with Crippen LogP contribution in [0.2, 0.25) is 0 Å². The number of amides is 1. The van der Waals surface area contributed by atoms with Crippen molar-refractivity contribution in [2.45, 2.75) is 6.54 Å². The molecule has 0 radical (unpaired) electrons. The van der Waals surface area contributed by atoms with E-state index in [-0.39, 0.29) is 22.3 Å². The third-order valence-electron chi connectivity index (χ3n) is 4.00. The maximum absolute atomic E-state index is 14.3. The first-order chi connectivity index (χ1) is 13.7. The largest absolute Gasteiger partial charge is 0.422 e. The van der Waals surface area contributed by atoms with Gasteiger partial charge in [-0.1, -0.05) is 12.1 Å². The molecule has 1 aromatic heterocycles. The number of nitro groups is 1. The second-order valence-corrected chi connectivity index (χ2v) is 6.19. The highest BCUT2D eigenvalue weighted by molar-refractivity contribution is 5.78. The van der Waals surface area contributed by atoms with E-state index in [0.29, 0.717) is 4.57 Å². The summed E-state index contributed by atoms with van der Waals surface area (Å²) in [5.74, 6) is -2.18. The molecule has 11 heteroatoms. The number of hydrogen-bond acceptors (Lipinski definition) is 7. The van der Waals surface area contributed by atoms with Gasteiger partial charge in [0.1, 0.15) is 11.3 Å². The van der Waals surface area contributed by atoms with Gasteiger partial charge in [-0.2, -0.15) is 4.39 Å². The van der Waals surface area contributed by atoms with Gasteiger partial charge in [0.2, 0.25) is 5.82 Å². The molecule has 0 saturated carbocycles. The van der Waals surface area contributed by atoms with Crippen LogP contribution in [0.1, 0.15) is 5.56 Å². The van der Waals surface area contributed by atoms with Crippen molar-refractivity contribution < 1.29 is 23.3 Å². The highest BCUT2D eigenvalue weighted by Gasteiger charge is 2.19. The number of nitro benzene ring substituents is 1. The molecule has 1 amide bonds. The van der Waals surface area contributed by atoms with Crippen molar-refractivity contribution in [3.05, 3.63) is 78.8 Å². The van der Waals surface area contributed by atoms with Crippen LogP contribution in [-0.4, -0.2) is 34.6 Å². The first-order valence-corrected chi connectivity index (χ1v) is 8.17. The van der Waals surface area contributed by atoms with Gasteiger partial charge in [-0.3, -0.25) is 14.9 Å². The number of rotatable bonds is 4. The van der Waals surface area contributed by atoms with E-state index >= 15 is 0 Å². The van der Waals surface area contributed by atoms with E-state index in [1.54, 1.807) is 0 Å². The average Bonchev–Trinajstić information content (AvgIpc) is 2.65. The van der Waals surface area contributed by atoms with Crippen molar-refractivity contribution in [2.75, 3.05) is 14.1 Å². The molecule has 3 aromatic rings. The van der Waals surface area contributed by atoms with E-state index < -0.39 is 40.4 Å². The van der Waals surface area contributed by atoms with E-state index in [2.05, 4.69) is 0 Å². The fourth-order valence-electron chi connectivity index (χ4n) is 2.53. The number of hydrogen-bond donors (Lipinski definition) is 0. The maximum Gasteiger partial charge on any atom is 0.422 e. The molecule has 0 saturated heterocycles. The molecule has 29 heavy (non-hydrogen) atoms. The second kappa shape index (κ2) is 7.54. The molecule has 150 valence electrons. The molecule has 2 aromatic carbocycles. The summed E-state index contributed by atoms with van der Waals surface area (Å²) in [6, 6.07) is 7.28. The number of fused-ring (bicyclic) bond motifs is 1. The van der Waals surface area contributed by atoms with Crippen LogP contribution in [0.15, 0.2) is 50.4 Å². The van der Waals surface area contributed by atoms with E-state index in [9.17, 15) is 28.9 Å². The minimum atomic E-state index is -1.14. The molecule has 0 aliphatic rings. The molecular weight excluding hydrogens is 389 g/mol. The van der Waals surface area contributed by atoms with Gasteiger partial charge in [0, 0.05) is 31.8 Å². The third kappa shape index (κ3) is 3.83. The molecule has 10 nitrogen and oxygen atoms in total. The Kier molecular flexibility index (Phi) is 5.13. The fraction of sp³-hybridized carbons (Fsp3) is 0.167. The number of benzene rings is 2. The molecule has 0 aliphatic carbocycles. The Bertz CT molecular complexity index is 1250. The Hall–Kier alpha value is -4.02. The van der Waals surface area contributed by atoms with Crippen LogP contribution in [0.25, 0.3) is 11.0 Å². The maximum atomic E-state index is 14.3. The van der Waals surface area contributed by atoms with E-state index in [1.807, 2.05) is 0 Å². The summed E-state index contributed by atoms with van der Waals surface area (Å²) in [5.41, 5.74) is -1.90. The van der Waals surface area contributed by atoms with Gasteiger partial charge in [0.05, 0.1) is 16.9 Å². The number of carbonyl (C=O) groups is 1. The zero-order chi connectivity index (χ0) is 21.3. The van der Waals surface area contributed by atoms with Gasteiger partial charge < -0.3 is 14.1 Å². The van der Waals surface area contributed by atoms with Crippen molar-refractivity contribution in [3.63, 3.8) is 0 Å². The minimum Gasteiger partial charge on any atom is -0.410 e. The third-order valence-corrected chi connectivity index (χ3v) is 4.00. The first-order valence-electron chi connectivity index (χ1n) is 8.17. The summed E-state index contributed by atoms with van der Waals surface area (Å²) in [4.78, 5) is 47.7. The summed E-state index contributed by atoms with van der Waals surface area (Å²) < 4.78 is 25.0. The Labute approximate surface area is 161 Å². The van der Waals surface area contributed by atoms with Gasteiger partial charge in [-0.05, 0) is 12.1 Å². The number of halogens is 1. The summed E-state index contributed by atoms with van der Waals surface area (Å²) in [6.45, 7) is -0.554. The standard InChI is InChI=1S/C18H14FN3O7/c1-20(2)17(24)28-11-6-7-12-14(8-11)29-18(25)21(16(12)23)9-10-4-3-5-13(15(10)19)22(26)27/h3-8H,9H2,1-2H3. The highest BCUT2D eigenvalue weighted by Crippen LogP contribution is 2.21. The van der Waals surface area contributed by atoms with Crippen molar-refractivity contribution >= 4 is 22.7 Å². The minimum absolute atomic E-state index is 0.0138. The quantitative estimate of drug-likeness (QED) is 0.482. The molecular formula is C18H14FN3O7. The van der Waals surface area contributed by atoms with Gasteiger partial charge in [-0.15, -0.1) is 0 Å². The highest BCUT2D eigenvalue weighted by atomic mass is 19.1. The number of ether oxygens (including phenoxy) is 1. The van der Waals surface area contributed by atoms with Gasteiger partial charge in [0.25, 0.3) is 5.56 Å². The Morgan fingerprint density at radius 2 is 2.00 bits per heavy atom. The molecule has 0 aliphatic heterocycles. The van der Waals surface area contributed by atoms with Gasteiger partial charge in [-0.25, -0.2) is 14.2 Å². The van der Waals surface area contributed by atoms with Crippen LogP contribution in [0, 0.1) is 15.9 Å². The van der Waals surface area contributed by atoms with Crippen LogP contribution in [0.3, 0.4) is 0 Å². The topological polar surface area (TPSA) is 125 Å². The molecule has 0 bridgehead atoms. The van der Waals surface area contributed by atoms with E-state index in [4.69, 9.17) is 9.15 Å². The normalized spacial score (nSPS) is 10.7. The second-order valence-electron chi connectivity index (χ2n) is 6.19. The van der Waals surface area contributed by atoms with Gasteiger partial charge in [0.15, 0.2) is 0 Å². The van der Waals surface area contributed by atoms with Crippen molar-refractivity contribution in [1.29, 1.82) is 0 Å². The van der Waals surface area contributed by atoms with Gasteiger partial charge >= 0.3 is 17.5 Å². The van der Waals surface area contributed by atoms with Crippen molar-refractivity contribution in [1.82, 2.24) is 9.47 Å². The summed E-state index contributed by atoms with van der Waals surface area (Å²) in [5, 5.41) is 10.8. The fourth-order valence-corrected chi connectivity index (χ4v) is 2.53. The number of carbonyl (C=O) groups excluding carboxylic acids is 1. The molecule has 0 N–H and O–H groups in total. The van der Waals surface area contributed by atoms with Crippen LogP contribution in [0.4, 0.5) is 14.9 Å². The Morgan fingerprint density at radius 3 is 2.66 bits per heavy atom. The molecule has 0 unspecified atom stereocenters.